The van der Waals surface area contributed by atoms with Crippen LogP contribution in [-0.4, -0.2) is 14.7 Å². The summed E-state index contributed by atoms with van der Waals surface area (Å²) in [6, 6.07) is 0. The van der Waals surface area contributed by atoms with E-state index >= 15 is 0 Å². The van der Waals surface area contributed by atoms with Crippen LogP contribution in [0.5, 0.6) is 0 Å². The van der Waals surface area contributed by atoms with Gasteiger partial charge in [0.15, 0.2) is 0 Å². The molecule has 0 fully saturated rings. The molecular formula is C4H7O3S. The molecule has 3 nitrogen and oxygen atoms in total. The molecule has 0 saturated heterocycles. The lowest BCUT2D eigenvalue weighted by Crippen LogP contribution is -1.97. The fourth-order valence-electron chi connectivity index (χ4n) is 0.140. The second-order valence-corrected chi connectivity index (χ2v) is 2.77. The van der Waals surface area contributed by atoms with Gasteiger partial charge >= 0.3 is 0 Å². The maximum atomic E-state index is 10.1. The van der Waals surface area contributed by atoms with Crippen LogP contribution in [-0.2, 0) is 14.3 Å². The summed E-state index contributed by atoms with van der Waals surface area (Å²) >= 11 is 0. The van der Waals surface area contributed by atoms with Crippen molar-refractivity contribution in [3.8, 4) is 0 Å². The average Bonchev–Trinajstić information content (AvgIpc) is 1.59. The van der Waals surface area contributed by atoms with Crippen LogP contribution in [0.4, 0.5) is 0 Å². The predicted octanol–water partition coefficient (Wildman–Crippen LogP) is 0.310. The Morgan fingerprint density at radius 1 is 1.62 bits per heavy atom. The first-order valence-electron chi connectivity index (χ1n) is 1.89. The minimum atomic E-state index is -3.31. The first-order chi connectivity index (χ1) is 3.56. The van der Waals surface area contributed by atoms with E-state index in [1.807, 2.05) is 0 Å². The fourth-order valence-corrected chi connectivity index (χ4v) is 0.421. The highest BCUT2D eigenvalue weighted by atomic mass is 32.2. The molecular weight excluding hydrogens is 128 g/mol. The van der Waals surface area contributed by atoms with Gasteiger partial charge in [0.25, 0.3) is 10.1 Å². The van der Waals surface area contributed by atoms with Gasteiger partial charge in [-0.1, -0.05) is 6.08 Å². The highest BCUT2D eigenvalue weighted by Gasteiger charge is 1.96. The van der Waals surface area contributed by atoms with Crippen LogP contribution < -0.4 is 0 Å². The molecule has 0 aromatic carbocycles. The summed E-state index contributed by atoms with van der Waals surface area (Å²) in [7, 11) is -3.31. The lowest BCUT2D eigenvalue weighted by molar-refractivity contribution is 0.418. The van der Waals surface area contributed by atoms with Gasteiger partial charge in [-0.2, -0.15) is 8.42 Å². The van der Waals surface area contributed by atoms with Gasteiger partial charge in [0, 0.05) is 0 Å². The van der Waals surface area contributed by atoms with E-state index in [0.29, 0.717) is 0 Å². The molecule has 47 valence electrons. The predicted molar refractivity (Wildman–Crippen MR) is 30.4 cm³/mol. The van der Waals surface area contributed by atoms with Crippen molar-refractivity contribution in [1.29, 1.82) is 0 Å². The Kier molecular flexibility index (Phi) is 2.71. The normalized spacial score (nSPS) is 11.1. The Labute approximate surface area is 49.1 Å². The summed E-state index contributed by atoms with van der Waals surface area (Å²) in [5.41, 5.74) is 0. The van der Waals surface area contributed by atoms with Gasteiger partial charge in [0.1, 0.15) is 6.61 Å². The molecule has 0 bridgehead atoms. The van der Waals surface area contributed by atoms with Crippen molar-refractivity contribution >= 4 is 10.1 Å². The topological polar surface area (TPSA) is 43.4 Å². The molecule has 0 unspecified atom stereocenters. The molecule has 0 rings (SSSR count). The van der Waals surface area contributed by atoms with E-state index in [1.165, 1.54) is 6.08 Å². The smallest absolute Gasteiger partial charge is 0.260 e. The van der Waals surface area contributed by atoms with E-state index < -0.39 is 10.1 Å². The van der Waals surface area contributed by atoms with Crippen molar-refractivity contribution < 1.29 is 12.6 Å². The summed E-state index contributed by atoms with van der Waals surface area (Å²) in [6.45, 7) is 4.23. The molecule has 0 aliphatic rings. The fraction of sp³-hybridized carbons (Fsp3) is 0.250. The highest BCUT2D eigenvalue weighted by molar-refractivity contribution is 7.86. The second-order valence-electron chi connectivity index (χ2n) is 1.17. The van der Waals surface area contributed by atoms with E-state index in [2.05, 4.69) is 10.8 Å². The first kappa shape index (κ1) is 7.65. The van der Waals surface area contributed by atoms with Crippen LogP contribution >= 0.6 is 0 Å². The monoisotopic (exact) mass is 135 g/mol. The summed E-state index contributed by atoms with van der Waals surface area (Å²) in [5, 5.41) is 0. The molecule has 1 radical (unpaired) electrons. The molecule has 0 N–H and O–H groups in total. The third-order valence-corrected chi connectivity index (χ3v) is 0.787. The van der Waals surface area contributed by atoms with E-state index in [1.54, 1.807) is 0 Å². The quantitative estimate of drug-likeness (QED) is 0.523. The molecule has 0 spiro atoms. The molecule has 8 heavy (non-hydrogen) atoms. The maximum Gasteiger partial charge on any atom is 0.265 e. The van der Waals surface area contributed by atoms with Gasteiger partial charge < -0.3 is 0 Å². The van der Waals surface area contributed by atoms with Crippen molar-refractivity contribution in [2.45, 2.75) is 0 Å². The molecule has 0 heterocycles. The third-order valence-electron chi connectivity index (χ3n) is 0.327. The largest absolute Gasteiger partial charge is 0.265 e. The Morgan fingerprint density at radius 3 is 2.25 bits per heavy atom. The number of hydrogen-bond acceptors (Lipinski definition) is 3. The molecule has 4 heteroatoms. The zero-order chi connectivity index (χ0) is 6.62. The van der Waals surface area contributed by atoms with Gasteiger partial charge in [-0.25, -0.2) is 0 Å². The van der Waals surface area contributed by atoms with Gasteiger partial charge in [-0.05, 0) is 0 Å². The van der Waals surface area contributed by atoms with Crippen molar-refractivity contribution in [3.05, 3.63) is 19.3 Å². The van der Waals surface area contributed by atoms with Crippen molar-refractivity contribution in [2.75, 3.05) is 6.26 Å². The molecule has 0 aliphatic heterocycles. The second kappa shape index (κ2) is 2.84. The molecule has 0 atom stereocenters. The van der Waals surface area contributed by atoms with Crippen LogP contribution in [0, 0.1) is 6.61 Å². The molecule has 0 amide bonds. The SMILES string of the molecule is C=C[CH]OS(C)(=O)=O. The van der Waals surface area contributed by atoms with Crippen LogP contribution in [0.1, 0.15) is 0 Å². The molecule has 0 aliphatic carbocycles. The third kappa shape index (κ3) is 5.65. The molecule has 0 aromatic rings. The minimum Gasteiger partial charge on any atom is -0.260 e. The Bertz CT molecular complexity index is 156. The van der Waals surface area contributed by atoms with Gasteiger partial charge in [-0.15, -0.1) is 6.58 Å². The zero-order valence-corrected chi connectivity index (χ0v) is 5.31. The van der Waals surface area contributed by atoms with E-state index in [-0.39, 0.29) is 0 Å². The minimum absolute atomic E-state index is 0.965. The summed E-state index contributed by atoms with van der Waals surface area (Å²) < 4.78 is 24.3. The van der Waals surface area contributed by atoms with Gasteiger partial charge in [0.2, 0.25) is 0 Å². The van der Waals surface area contributed by atoms with Crippen LogP contribution in [0.3, 0.4) is 0 Å². The maximum absolute atomic E-state index is 10.1. The zero-order valence-electron chi connectivity index (χ0n) is 4.49. The van der Waals surface area contributed by atoms with E-state index in [4.69, 9.17) is 0 Å². The van der Waals surface area contributed by atoms with Crippen LogP contribution in [0.25, 0.3) is 0 Å². The highest BCUT2D eigenvalue weighted by Crippen LogP contribution is 1.89. The number of hydrogen-bond donors (Lipinski definition) is 0. The Hall–Kier alpha value is -0.350. The van der Waals surface area contributed by atoms with Crippen LogP contribution in [0.15, 0.2) is 12.7 Å². The standard InChI is InChI=1S/C4H7O3S/c1-3-4-7-8(2,5)6/h3-4H,1H2,2H3. The molecule has 0 saturated carbocycles. The van der Waals surface area contributed by atoms with Crippen molar-refractivity contribution in [2.24, 2.45) is 0 Å². The average molecular weight is 135 g/mol. The lowest BCUT2D eigenvalue weighted by atomic mass is 10.7. The Balaban J connectivity index is 3.57. The van der Waals surface area contributed by atoms with Crippen molar-refractivity contribution in [3.63, 3.8) is 0 Å². The van der Waals surface area contributed by atoms with E-state index in [9.17, 15) is 8.42 Å². The summed E-state index contributed by atoms with van der Waals surface area (Å²) in [5.74, 6) is 0. The summed E-state index contributed by atoms with van der Waals surface area (Å²) in [6.07, 6.45) is 2.22. The Morgan fingerprint density at radius 2 is 2.12 bits per heavy atom. The molecule has 0 aromatic heterocycles. The van der Waals surface area contributed by atoms with Crippen molar-refractivity contribution in [1.82, 2.24) is 0 Å². The van der Waals surface area contributed by atoms with Crippen LogP contribution in [0.2, 0.25) is 0 Å². The van der Waals surface area contributed by atoms with E-state index in [0.717, 1.165) is 12.9 Å². The summed E-state index contributed by atoms with van der Waals surface area (Å²) in [4.78, 5) is 0. The first-order valence-corrected chi connectivity index (χ1v) is 3.70. The van der Waals surface area contributed by atoms with Gasteiger partial charge in [-0.3, -0.25) is 4.18 Å². The lowest BCUT2D eigenvalue weighted by Gasteiger charge is -1.90. The van der Waals surface area contributed by atoms with Gasteiger partial charge in [0.05, 0.1) is 6.26 Å². The number of rotatable bonds is 3.